The molecule has 20 heavy (non-hydrogen) atoms. The maximum atomic E-state index is 14.0. The van der Waals surface area contributed by atoms with Gasteiger partial charge >= 0.3 is 0 Å². The fraction of sp³-hybridized carbons (Fsp3) is 0.647. The van der Waals surface area contributed by atoms with Gasteiger partial charge in [-0.05, 0) is 11.5 Å². The maximum Gasteiger partial charge on any atom is 0.126 e. The van der Waals surface area contributed by atoms with Crippen molar-refractivity contribution in [1.29, 1.82) is 0 Å². The zero-order valence-electron chi connectivity index (χ0n) is 14.1. The lowest BCUT2D eigenvalue weighted by Crippen LogP contribution is -2.39. The van der Waals surface area contributed by atoms with E-state index in [1.54, 1.807) is 0 Å². The lowest BCUT2D eigenvalue weighted by atomic mass is 10.2. The highest BCUT2D eigenvalue weighted by Gasteiger charge is 2.48. The van der Waals surface area contributed by atoms with E-state index in [1.165, 1.54) is 17.9 Å². The molecule has 114 valence electrons. The van der Waals surface area contributed by atoms with Crippen molar-refractivity contribution in [2.75, 3.05) is 6.16 Å². The Kier molecular flexibility index (Phi) is 5.67. The summed E-state index contributed by atoms with van der Waals surface area (Å²) in [6.07, 6.45) is 2.37. The number of hydrogen-bond acceptors (Lipinski definition) is 1. The molecule has 0 aliphatic heterocycles. The van der Waals surface area contributed by atoms with Crippen LogP contribution in [-0.4, -0.2) is 16.5 Å². The van der Waals surface area contributed by atoms with E-state index >= 15 is 0 Å². The van der Waals surface area contributed by atoms with Crippen molar-refractivity contribution in [3.8, 4) is 0 Å². The minimum Gasteiger partial charge on any atom is -0.318 e. The Morgan fingerprint density at radius 3 is 1.95 bits per heavy atom. The molecule has 0 saturated heterocycles. The van der Waals surface area contributed by atoms with Gasteiger partial charge in [0.15, 0.2) is 0 Å². The summed E-state index contributed by atoms with van der Waals surface area (Å²) in [6, 6.07) is 8.40. The molecule has 0 bridgehead atoms. The van der Waals surface area contributed by atoms with E-state index in [4.69, 9.17) is 0 Å². The van der Waals surface area contributed by atoms with Gasteiger partial charge in [-0.2, -0.15) is 0 Å². The minimum absolute atomic E-state index is 0.210. The van der Waals surface area contributed by atoms with Gasteiger partial charge in [0.25, 0.3) is 0 Å². The highest BCUT2D eigenvalue weighted by molar-refractivity contribution is 7.75. The van der Waals surface area contributed by atoms with Crippen LogP contribution in [0, 0.1) is 0 Å². The Hall–Kier alpha value is -0.120. The van der Waals surface area contributed by atoms with Gasteiger partial charge in [0.05, 0.1) is 0 Å². The van der Waals surface area contributed by atoms with Gasteiger partial charge in [-0.15, -0.1) is 0 Å². The summed E-state index contributed by atoms with van der Waals surface area (Å²) in [5, 5.41) is 2.00. The molecule has 1 aromatic rings. The molecule has 0 spiro atoms. The second-order valence-electron chi connectivity index (χ2n) is 7.39. The minimum atomic E-state index is -2.51. The fourth-order valence-electron chi connectivity index (χ4n) is 2.89. The van der Waals surface area contributed by atoms with Crippen molar-refractivity contribution in [3.63, 3.8) is 0 Å². The number of hydrogen-bond donors (Lipinski definition) is 0. The van der Waals surface area contributed by atoms with Crippen LogP contribution < -0.4 is 10.6 Å². The molecule has 1 atom stereocenters. The Morgan fingerprint density at radius 2 is 1.50 bits per heavy atom. The lowest BCUT2D eigenvalue weighted by Gasteiger charge is -2.42. The molecule has 1 aromatic carbocycles. The van der Waals surface area contributed by atoms with Crippen LogP contribution >= 0.6 is 15.7 Å². The molecule has 0 amide bonds. The predicted octanol–water partition coefficient (Wildman–Crippen LogP) is 4.99. The molecule has 0 N–H and O–H groups in total. The lowest BCUT2D eigenvalue weighted by molar-refractivity contribution is 0.528. The molecular weight excluding hydrogens is 282 g/mol. The highest BCUT2D eigenvalue weighted by Crippen LogP contribution is 2.65. The van der Waals surface area contributed by atoms with E-state index in [0.29, 0.717) is 0 Å². The van der Waals surface area contributed by atoms with Crippen molar-refractivity contribution in [1.82, 2.24) is 0 Å². The third-order valence-electron chi connectivity index (χ3n) is 3.70. The second kappa shape index (κ2) is 6.33. The first-order valence-electron chi connectivity index (χ1n) is 7.49. The zero-order valence-corrected chi connectivity index (χ0v) is 16.0. The van der Waals surface area contributed by atoms with Crippen LogP contribution in [0.4, 0.5) is 0 Å². The largest absolute Gasteiger partial charge is 0.318 e. The van der Waals surface area contributed by atoms with Crippen molar-refractivity contribution < 1.29 is 4.57 Å². The topological polar surface area (TPSA) is 17.1 Å². The first kappa shape index (κ1) is 17.9. The third kappa shape index (κ3) is 3.37. The Morgan fingerprint density at radius 1 is 1.00 bits per heavy atom. The third-order valence-corrected chi connectivity index (χ3v) is 10.3. The summed E-state index contributed by atoms with van der Waals surface area (Å²) < 4.78 is 14.0. The van der Waals surface area contributed by atoms with Crippen LogP contribution in [0.2, 0.25) is 0 Å². The average Bonchev–Trinajstić information content (AvgIpc) is 2.33. The van der Waals surface area contributed by atoms with Gasteiger partial charge in [-0.25, -0.2) is 0 Å². The predicted molar refractivity (Wildman–Crippen MR) is 96.3 cm³/mol. The van der Waals surface area contributed by atoms with Crippen molar-refractivity contribution in [2.24, 2.45) is 0 Å². The maximum absolute atomic E-state index is 14.0. The van der Waals surface area contributed by atoms with E-state index in [2.05, 4.69) is 66.7 Å². The van der Waals surface area contributed by atoms with E-state index in [-0.39, 0.29) is 10.3 Å². The summed E-state index contributed by atoms with van der Waals surface area (Å²) >= 11 is 0. The first-order valence-corrected chi connectivity index (χ1v) is 10.4. The highest BCUT2D eigenvalue weighted by atomic mass is 31.2. The van der Waals surface area contributed by atoms with Gasteiger partial charge in [-0.3, -0.25) is 0 Å². The Labute approximate surface area is 127 Å². The van der Waals surface area contributed by atoms with Crippen LogP contribution in [-0.2, 0) is 4.57 Å². The number of benzene rings is 1. The molecule has 0 saturated carbocycles. The van der Waals surface area contributed by atoms with Crippen LogP contribution in [0.25, 0.3) is 0 Å². The normalized spacial score (nSPS) is 14.2. The number of rotatable bonds is 4. The molecule has 1 rings (SSSR count). The molecule has 0 fully saturated rings. The molecule has 3 heteroatoms. The molecule has 0 aliphatic carbocycles. The van der Waals surface area contributed by atoms with Crippen LogP contribution in [0.5, 0.6) is 0 Å². The summed E-state index contributed by atoms with van der Waals surface area (Å²) in [5.74, 6) is 0. The molecule has 1 unspecified atom stereocenters. The van der Waals surface area contributed by atoms with E-state index in [0.717, 1.165) is 13.9 Å². The molecule has 0 heterocycles. The summed E-state index contributed by atoms with van der Waals surface area (Å²) in [7, 11) is -1.75. The van der Waals surface area contributed by atoms with Gasteiger partial charge in [0.2, 0.25) is 0 Å². The van der Waals surface area contributed by atoms with Crippen molar-refractivity contribution >= 4 is 26.3 Å². The summed E-state index contributed by atoms with van der Waals surface area (Å²) in [6.45, 7) is 15.0. The van der Waals surface area contributed by atoms with Crippen LogP contribution in [0.15, 0.2) is 24.3 Å². The zero-order chi connectivity index (χ0) is 15.6. The Bertz CT molecular complexity index is 474. The van der Waals surface area contributed by atoms with Gasteiger partial charge in [0, 0.05) is 15.6 Å². The van der Waals surface area contributed by atoms with Gasteiger partial charge in [-0.1, -0.05) is 87.7 Å². The van der Waals surface area contributed by atoms with E-state index < -0.39 is 7.14 Å². The summed E-state index contributed by atoms with van der Waals surface area (Å²) in [4.78, 5) is 0. The molecule has 0 radical (unpaired) electrons. The first-order chi connectivity index (χ1) is 9.05. The smallest absolute Gasteiger partial charge is 0.126 e. The van der Waals surface area contributed by atoms with Crippen molar-refractivity contribution in [2.45, 2.75) is 65.2 Å². The Balaban J connectivity index is 3.49. The van der Waals surface area contributed by atoms with Gasteiger partial charge < -0.3 is 4.57 Å². The fourth-order valence-corrected chi connectivity index (χ4v) is 8.76. The van der Waals surface area contributed by atoms with E-state index in [9.17, 15) is 4.57 Å². The molecule has 0 aliphatic rings. The molecule has 0 aromatic heterocycles. The quantitative estimate of drug-likeness (QED) is 0.716. The standard InChI is InChI=1S/C17H30OP2/c1-8-13-19-14-11-9-10-12-15(14)20(18,16(2,3)4)17(5,6)7/h9-12,19H,8,13H2,1-7H3. The van der Waals surface area contributed by atoms with Gasteiger partial charge in [0.1, 0.15) is 7.14 Å². The SMILES string of the molecule is CCCPc1ccccc1P(=O)(C(C)(C)C)C(C)(C)C. The average molecular weight is 312 g/mol. The monoisotopic (exact) mass is 312 g/mol. The van der Waals surface area contributed by atoms with E-state index in [1.807, 2.05) is 6.07 Å². The molecular formula is C17H30OP2. The van der Waals surface area contributed by atoms with Crippen molar-refractivity contribution in [3.05, 3.63) is 24.3 Å². The molecule has 1 nitrogen and oxygen atoms in total. The van der Waals surface area contributed by atoms with Crippen LogP contribution in [0.1, 0.15) is 54.9 Å². The van der Waals surface area contributed by atoms with Crippen LogP contribution in [0.3, 0.4) is 0 Å². The second-order valence-corrected chi connectivity index (χ2v) is 13.2. The summed E-state index contributed by atoms with van der Waals surface area (Å²) in [5.41, 5.74) is 0.